The van der Waals surface area contributed by atoms with E-state index in [2.05, 4.69) is 10.3 Å². The molecule has 1 amide bonds. The zero-order chi connectivity index (χ0) is 16.8. The lowest BCUT2D eigenvalue weighted by Gasteiger charge is -2.02. The van der Waals surface area contributed by atoms with Crippen molar-refractivity contribution in [1.29, 1.82) is 0 Å². The van der Waals surface area contributed by atoms with E-state index in [1.807, 2.05) is 60.0 Å². The van der Waals surface area contributed by atoms with Gasteiger partial charge in [-0.05, 0) is 24.3 Å². The van der Waals surface area contributed by atoms with Crippen LogP contribution in [0.5, 0.6) is 0 Å². The highest BCUT2D eigenvalue weighted by Gasteiger charge is 2.08. The second kappa shape index (κ2) is 8.33. The molecule has 0 spiro atoms. The Balaban J connectivity index is 1.51. The molecule has 0 aliphatic rings. The molecule has 3 rings (SSSR count). The Kier molecular flexibility index (Phi) is 5.91. The Bertz CT molecular complexity index is 803. The molecule has 1 heterocycles. The number of thiazole rings is 1. The van der Waals surface area contributed by atoms with Crippen LogP contribution < -0.4 is 5.32 Å². The number of hydrogen-bond donors (Lipinski definition) is 1. The molecule has 0 fully saturated rings. The van der Waals surface area contributed by atoms with Crippen molar-refractivity contribution >= 4 is 45.7 Å². The highest BCUT2D eigenvalue weighted by atomic mass is 35.5. The quantitative estimate of drug-likeness (QED) is 0.572. The van der Waals surface area contributed by atoms with E-state index in [9.17, 15) is 4.79 Å². The summed E-state index contributed by atoms with van der Waals surface area (Å²) >= 11 is 8.99. The molecule has 3 aromatic rings. The molecule has 0 saturated carbocycles. The average molecular weight is 375 g/mol. The minimum atomic E-state index is -0.0181. The standard InChI is InChI=1S/C18H15ClN2OS2/c19-14-8-6-13(7-9-14)16-12-24-18(20-16)21-17(22)10-11-23-15-4-2-1-3-5-15/h1-9,12H,10-11H2,(H,20,21,22). The fourth-order valence-electron chi connectivity index (χ4n) is 2.04. The molecular weight excluding hydrogens is 360 g/mol. The van der Waals surface area contributed by atoms with Crippen LogP contribution in [-0.4, -0.2) is 16.6 Å². The molecule has 0 saturated heterocycles. The third kappa shape index (κ3) is 4.84. The fraction of sp³-hybridized carbons (Fsp3) is 0.111. The van der Waals surface area contributed by atoms with E-state index in [1.165, 1.54) is 16.2 Å². The van der Waals surface area contributed by atoms with Gasteiger partial charge in [-0.15, -0.1) is 23.1 Å². The van der Waals surface area contributed by atoms with Crippen LogP contribution in [0.3, 0.4) is 0 Å². The van der Waals surface area contributed by atoms with Crippen LogP contribution in [-0.2, 0) is 4.79 Å². The number of rotatable bonds is 6. The zero-order valence-corrected chi connectivity index (χ0v) is 15.1. The van der Waals surface area contributed by atoms with Gasteiger partial charge in [-0.2, -0.15) is 0 Å². The molecule has 0 unspecified atom stereocenters. The van der Waals surface area contributed by atoms with Crippen molar-refractivity contribution in [3.63, 3.8) is 0 Å². The van der Waals surface area contributed by atoms with Gasteiger partial charge in [0.25, 0.3) is 0 Å². The molecule has 1 N–H and O–H groups in total. The zero-order valence-electron chi connectivity index (χ0n) is 12.7. The first kappa shape index (κ1) is 17.0. The van der Waals surface area contributed by atoms with Gasteiger partial charge in [-0.1, -0.05) is 41.9 Å². The van der Waals surface area contributed by atoms with Gasteiger partial charge in [0.15, 0.2) is 5.13 Å². The smallest absolute Gasteiger partial charge is 0.226 e. The van der Waals surface area contributed by atoms with Gasteiger partial charge in [0, 0.05) is 33.0 Å². The first-order valence-corrected chi connectivity index (χ1v) is 9.64. The van der Waals surface area contributed by atoms with E-state index < -0.39 is 0 Å². The van der Waals surface area contributed by atoms with Crippen LogP contribution in [0.25, 0.3) is 11.3 Å². The van der Waals surface area contributed by atoms with E-state index in [1.54, 1.807) is 11.8 Å². The molecule has 1 aromatic heterocycles. The highest BCUT2D eigenvalue weighted by molar-refractivity contribution is 7.99. The van der Waals surface area contributed by atoms with E-state index >= 15 is 0 Å². The number of aromatic nitrogens is 1. The van der Waals surface area contributed by atoms with E-state index in [0.29, 0.717) is 16.6 Å². The highest BCUT2D eigenvalue weighted by Crippen LogP contribution is 2.26. The summed E-state index contributed by atoms with van der Waals surface area (Å²) < 4.78 is 0. The van der Waals surface area contributed by atoms with Crippen molar-refractivity contribution in [2.75, 3.05) is 11.1 Å². The lowest BCUT2D eigenvalue weighted by molar-refractivity contribution is -0.115. The third-order valence-corrected chi connectivity index (χ3v) is 5.26. The van der Waals surface area contributed by atoms with Crippen LogP contribution in [0, 0.1) is 0 Å². The van der Waals surface area contributed by atoms with Gasteiger partial charge < -0.3 is 5.32 Å². The maximum absolute atomic E-state index is 12.0. The molecular formula is C18H15ClN2OS2. The summed E-state index contributed by atoms with van der Waals surface area (Å²) in [6, 6.07) is 17.6. The molecule has 0 aliphatic carbocycles. The van der Waals surface area contributed by atoms with Crippen molar-refractivity contribution in [2.45, 2.75) is 11.3 Å². The number of anilines is 1. The van der Waals surface area contributed by atoms with Gasteiger partial charge >= 0.3 is 0 Å². The van der Waals surface area contributed by atoms with Crippen molar-refractivity contribution < 1.29 is 4.79 Å². The summed E-state index contributed by atoms with van der Waals surface area (Å²) in [5.74, 6) is 0.723. The minimum Gasteiger partial charge on any atom is -0.302 e. The Hall–Kier alpha value is -1.82. The summed E-state index contributed by atoms with van der Waals surface area (Å²) in [6.45, 7) is 0. The summed E-state index contributed by atoms with van der Waals surface area (Å²) in [5.41, 5.74) is 1.82. The van der Waals surface area contributed by atoms with Gasteiger partial charge in [0.2, 0.25) is 5.91 Å². The van der Waals surface area contributed by atoms with E-state index in [-0.39, 0.29) is 5.91 Å². The van der Waals surface area contributed by atoms with Gasteiger partial charge in [-0.3, -0.25) is 4.79 Å². The molecule has 122 valence electrons. The monoisotopic (exact) mass is 374 g/mol. The summed E-state index contributed by atoms with van der Waals surface area (Å²) in [7, 11) is 0. The van der Waals surface area contributed by atoms with Crippen molar-refractivity contribution in [2.24, 2.45) is 0 Å². The maximum atomic E-state index is 12.0. The SMILES string of the molecule is O=C(CCSc1ccccc1)Nc1nc(-c2ccc(Cl)cc2)cs1. The second-order valence-electron chi connectivity index (χ2n) is 5.00. The second-order valence-corrected chi connectivity index (χ2v) is 7.47. The largest absolute Gasteiger partial charge is 0.302 e. The summed E-state index contributed by atoms with van der Waals surface area (Å²) in [4.78, 5) is 17.6. The number of nitrogens with one attached hydrogen (secondary N) is 1. The van der Waals surface area contributed by atoms with Crippen LogP contribution >= 0.6 is 34.7 Å². The molecule has 2 aromatic carbocycles. The first-order chi connectivity index (χ1) is 11.7. The topological polar surface area (TPSA) is 42.0 Å². The maximum Gasteiger partial charge on any atom is 0.226 e. The van der Waals surface area contributed by atoms with Crippen LogP contribution in [0.2, 0.25) is 5.02 Å². The van der Waals surface area contributed by atoms with Gasteiger partial charge in [0.1, 0.15) is 0 Å². The number of thioether (sulfide) groups is 1. The predicted octanol–water partition coefficient (Wildman–Crippen LogP) is 5.58. The number of halogens is 1. The molecule has 0 radical (unpaired) electrons. The van der Waals surface area contributed by atoms with Crippen LogP contribution in [0.4, 0.5) is 5.13 Å². The molecule has 0 atom stereocenters. The molecule has 0 bridgehead atoms. The van der Waals surface area contributed by atoms with E-state index in [4.69, 9.17) is 11.6 Å². The number of amides is 1. The number of hydrogen-bond acceptors (Lipinski definition) is 4. The van der Waals surface area contributed by atoms with Crippen LogP contribution in [0.15, 0.2) is 64.9 Å². The number of carbonyl (C=O) groups is 1. The van der Waals surface area contributed by atoms with Gasteiger partial charge in [-0.25, -0.2) is 4.98 Å². The number of nitrogens with zero attached hydrogens (tertiary/aromatic N) is 1. The lowest BCUT2D eigenvalue weighted by Crippen LogP contribution is -2.11. The number of benzene rings is 2. The normalized spacial score (nSPS) is 10.5. The molecule has 6 heteroatoms. The minimum absolute atomic E-state index is 0.0181. The molecule has 0 aliphatic heterocycles. The summed E-state index contributed by atoms with van der Waals surface area (Å²) in [5, 5.41) is 6.10. The van der Waals surface area contributed by atoms with Gasteiger partial charge in [0.05, 0.1) is 5.69 Å². The Morgan fingerprint density at radius 2 is 1.88 bits per heavy atom. The Morgan fingerprint density at radius 1 is 1.12 bits per heavy atom. The lowest BCUT2D eigenvalue weighted by atomic mass is 10.2. The predicted molar refractivity (Wildman–Crippen MR) is 103 cm³/mol. The first-order valence-electron chi connectivity index (χ1n) is 7.40. The Morgan fingerprint density at radius 3 is 2.62 bits per heavy atom. The average Bonchev–Trinajstić information content (AvgIpc) is 3.05. The third-order valence-electron chi connectivity index (χ3n) is 3.23. The fourth-order valence-corrected chi connectivity index (χ4v) is 3.78. The number of carbonyl (C=O) groups excluding carboxylic acids is 1. The van der Waals surface area contributed by atoms with Crippen LogP contribution in [0.1, 0.15) is 6.42 Å². The van der Waals surface area contributed by atoms with E-state index in [0.717, 1.165) is 17.0 Å². The molecule has 24 heavy (non-hydrogen) atoms. The summed E-state index contributed by atoms with van der Waals surface area (Å²) in [6.07, 6.45) is 0.454. The van der Waals surface area contributed by atoms with Crippen molar-refractivity contribution in [3.8, 4) is 11.3 Å². The molecule has 3 nitrogen and oxygen atoms in total. The Labute approximate surface area is 154 Å². The van der Waals surface area contributed by atoms with Crippen molar-refractivity contribution in [1.82, 2.24) is 4.98 Å². The van der Waals surface area contributed by atoms with Crippen molar-refractivity contribution in [3.05, 3.63) is 65.0 Å².